The van der Waals surface area contributed by atoms with Gasteiger partial charge in [0.05, 0.1) is 6.61 Å². The molecule has 1 heterocycles. The molecule has 5 nitrogen and oxygen atoms in total. The molecular weight excluding hydrogens is 366 g/mol. The smallest absolute Gasteiger partial charge is 0.320 e. The molecule has 0 radical (unpaired) electrons. The predicted octanol–water partition coefficient (Wildman–Crippen LogP) is 5.05. The van der Waals surface area contributed by atoms with Gasteiger partial charge in [0.25, 0.3) is 0 Å². The first-order valence-corrected chi connectivity index (χ1v) is 10.6. The molecule has 2 aromatic rings. The van der Waals surface area contributed by atoms with Crippen LogP contribution in [0, 0.1) is 0 Å². The SMILES string of the molecule is CCOc1cc(C(CC)N2CCCCC2C(=O)O)ccc1OCc1ccccc1. The molecular formula is C24H31NO4. The molecule has 0 aliphatic carbocycles. The number of hydrogen-bond donors (Lipinski definition) is 1. The van der Waals surface area contributed by atoms with E-state index in [-0.39, 0.29) is 6.04 Å². The van der Waals surface area contributed by atoms with E-state index in [0.717, 1.165) is 36.9 Å². The summed E-state index contributed by atoms with van der Waals surface area (Å²) in [6.45, 7) is 5.90. The van der Waals surface area contributed by atoms with Crippen LogP contribution in [0.1, 0.15) is 56.7 Å². The Balaban J connectivity index is 1.82. The summed E-state index contributed by atoms with van der Waals surface area (Å²) in [5.41, 5.74) is 2.18. The second kappa shape index (κ2) is 10.3. The molecule has 2 atom stereocenters. The van der Waals surface area contributed by atoms with E-state index in [0.29, 0.717) is 31.1 Å². The predicted molar refractivity (Wildman–Crippen MR) is 113 cm³/mol. The number of aliphatic carboxylic acids is 1. The molecule has 29 heavy (non-hydrogen) atoms. The first kappa shape index (κ1) is 21.2. The lowest BCUT2D eigenvalue weighted by Crippen LogP contribution is -2.46. The molecule has 3 rings (SSSR count). The Labute approximate surface area is 173 Å². The van der Waals surface area contributed by atoms with Crippen LogP contribution in [0.4, 0.5) is 0 Å². The van der Waals surface area contributed by atoms with Crippen LogP contribution >= 0.6 is 0 Å². The molecule has 1 saturated heterocycles. The molecule has 0 bridgehead atoms. The maximum Gasteiger partial charge on any atom is 0.320 e. The third kappa shape index (κ3) is 5.30. The monoisotopic (exact) mass is 397 g/mol. The summed E-state index contributed by atoms with van der Waals surface area (Å²) in [5.74, 6) is 0.696. The third-order valence-electron chi connectivity index (χ3n) is 5.51. The molecule has 2 aromatic carbocycles. The molecule has 2 unspecified atom stereocenters. The first-order valence-electron chi connectivity index (χ1n) is 10.6. The standard InChI is InChI=1S/C24H31NO4/c1-3-20(25-15-9-8-12-21(25)24(26)27)19-13-14-22(23(16-19)28-4-2)29-17-18-10-6-5-7-11-18/h5-7,10-11,13-14,16,20-21H,3-4,8-9,12,15,17H2,1-2H3,(H,26,27). The van der Waals surface area contributed by atoms with Crippen LogP contribution in [0.5, 0.6) is 11.5 Å². The summed E-state index contributed by atoms with van der Waals surface area (Å²) < 4.78 is 11.9. The minimum atomic E-state index is -0.726. The quantitative estimate of drug-likeness (QED) is 0.641. The molecule has 0 spiro atoms. The second-order valence-corrected chi connectivity index (χ2v) is 7.43. The van der Waals surface area contributed by atoms with Gasteiger partial charge in [-0.1, -0.05) is 49.7 Å². The van der Waals surface area contributed by atoms with E-state index < -0.39 is 12.0 Å². The Bertz CT molecular complexity index is 793. The number of carboxylic acids is 1. The van der Waals surface area contributed by atoms with Crippen molar-refractivity contribution in [1.82, 2.24) is 4.90 Å². The van der Waals surface area contributed by atoms with Crippen molar-refractivity contribution in [2.75, 3.05) is 13.2 Å². The molecule has 1 aliphatic rings. The molecule has 0 saturated carbocycles. The molecule has 0 amide bonds. The fourth-order valence-electron chi connectivity index (χ4n) is 4.11. The maximum atomic E-state index is 11.8. The van der Waals surface area contributed by atoms with Crippen LogP contribution in [0.2, 0.25) is 0 Å². The zero-order chi connectivity index (χ0) is 20.6. The van der Waals surface area contributed by atoms with Gasteiger partial charge in [0, 0.05) is 6.04 Å². The first-order chi connectivity index (χ1) is 14.1. The number of piperidine rings is 1. The molecule has 1 aliphatic heterocycles. The summed E-state index contributed by atoms with van der Waals surface area (Å²) in [7, 11) is 0. The summed E-state index contributed by atoms with van der Waals surface area (Å²) in [6.07, 6.45) is 3.57. The van der Waals surface area contributed by atoms with Gasteiger partial charge in [-0.2, -0.15) is 0 Å². The van der Waals surface area contributed by atoms with E-state index in [1.165, 1.54) is 0 Å². The zero-order valence-corrected chi connectivity index (χ0v) is 17.3. The molecule has 1 fully saturated rings. The van der Waals surface area contributed by atoms with Crippen molar-refractivity contribution < 1.29 is 19.4 Å². The minimum Gasteiger partial charge on any atom is -0.490 e. The Kier molecular flexibility index (Phi) is 7.53. The Hall–Kier alpha value is -2.53. The summed E-state index contributed by atoms with van der Waals surface area (Å²) in [4.78, 5) is 13.9. The summed E-state index contributed by atoms with van der Waals surface area (Å²) >= 11 is 0. The minimum absolute atomic E-state index is 0.0544. The fourth-order valence-corrected chi connectivity index (χ4v) is 4.11. The van der Waals surface area contributed by atoms with Crippen LogP contribution in [0.25, 0.3) is 0 Å². The van der Waals surface area contributed by atoms with E-state index in [4.69, 9.17) is 9.47 Å². The van der Waals surface area contributed by atoms with E-state index in [9.17, 15) is 9.90 Å². The van der Waals surface area contributed by atoms with Gasteiger partial charge in [0.2, 0.25) is 0 Å². The molecule has 5 heteroatoms. The molecule has 1 N–H and O–H groups in total. The summed E-state index contributed by atoms with van der Waals surface area (Å²) in [6, 6.07) is 15.7. The van der Waals surface area contributed by atoms with Crippen molar-refractivity contribution in [3.63, 3.8) is 0 Å². The highest BCUT2D eigenvalue weighted by Crippen LogP contribution is 2.36. The fraction of sp³-hybridized carbons (Fsp3) is 0.458. The van der Waals surface area contributed by atoms with Crippen LogP contribution < -0.4 is 9.47 Å². The number of carboxylic acid groups (broad SMARTS) is 1. The number of rotatable bonds is 9. The zero-order valence-electron chi connectivity index (χ0n) is 17.3. The van der Waals surface area contributed by atoms with Crippen LogP contribution in [-0.2, 0) is 11.4 Å². The Morgan fingerprint density at radius 1 is 1.10 bits per heavy atom. The van der Waals surface area contributed by atoms with E-state index in [2.05, 4.69) is 11.8 Å². The second-order valence-electron chi connectivity index (χ2n) is 7.43. The average Bonchev–Trinajstić information content (AvgIpc) is 2.75. The lowest BCUT2D eigenvalue weighted by Gasteiger charge is -2.39. The molecule has 156 valence electrons. The van der Waals surface area contributed by atoms with Crippen molar-refractivity contribution in [2.45, 2.75) is 58.2 Å². The van der Waals surface area contributed by atoms with Gasteiger partial charge >= 0.3 is 5.97 Å². The van der Waals surface area contributed by atoms with Gasteiger partial charge in [0.1, 0.15) is 12.6 Å². The largest absolute Gasteiger partial charge is 0.490 e. The average molecular weight is 398 g/mol. The van der Waals surface area contributed by atoms with Gasteiger partial charge < -0.3 is 14.6 Å². The third-order valence-corrected chi connectivity index (χ3v) is 5.51. The van der Waals surface area contributed by atoms with Crippen LogP contribution in [0.15, 0.2) is 48.5 Å². The van der Waals surface area contributed by atoms with Gasteiger partial charge in [0.15, 0.2) is 11.5 Å². The number of benzene rings is 2. The van der Waals surface area contributed by atoms with Gasteiger partial charge in [-0.25, -0.2) is 0 Å². The normalized spacial score (nSPS) is 18.2. The topological polar surface area (TPSA) is 59.0 Å². The number of hydrogen-bond acceptors (Lipinski definition) is 4. The van der Waals surface area contributed by atoms with Crippen LogP contribution in [-0.4, -0.2) is 35.2 Å². The van der Waals surface area contributed by atoms with Crippen molar-refractivity contribution in [3.05, 3.63) is 59.7 Å². The van der Waals surface area contributed by atoms with Gasteiger partial charge in [-0.05, 0) is 56.0 Å². The van der Waals surface area contributed by atoms with Crippen molar-refractivity contribution in [3.8, 4) is 11.5 Å². The highest BCUT2D eigenvalue weighted by Gasteiger charge is 2.33. The Morgan fingerprint density at radius 2 is 1.90 bits per heavy atom. The number of ether oxygens (including phenoxy) is 2. The van der Waals surface area contributed by atoms with Gasteiger partial charge in [-0.15, -0.1) is 0 Å². The van der Waals surface area contributed by atoms with E-state index in [1.54, 1.807) is 0 Å². The van der Waals surface area contributed by atoms with Crippen molar-refractivity contribution in [2.24, 2.45) is 0 Å². The van der Waals surface area contributed by atoms with Crippen molar-refractivity contribution in [1.29, 1.82) is 0 Å². The lowest BCUT2D eigenvalue weighted by molar-refractivity contribution is -0.146. The van der Waals surface area contributed by atoms with Crippen molar-refractivity contribution >= 4 is 5.97 Å². The molecule has 0 aromatic heterocycles. The Morgan fingerprint density at radius 3 is 2.59 bits per heavy atom. The number of carbonyl (C=O) groups is 1. The lowest BCUT2D eigenvalue weighted by atomic mass is 9.94. The van der Waals surface area contributed by atoms with E-state index in [1.807, 2.05) is 55.5 Å². The maximum absolute atomic E-state index is 11.8. The highest BCUT2D eigenvalue weighted by molar-refractivity contribution is 5.73. The number of likely N-dealkylation sites (tertiary alicyclic amines) is 1. The van der Waals surface area contributed by atoms with Crippen LogP contribution in [0.3, 0.4) is 0 Å². The summed E-state index contributed by atoms with van der Waals surface area (Å²) in [5, 5.41) is 9.67. The van der Waals surface area contributed by atoms with E-state index >= 15 is 0 Å². The number of nitrogens with zero attached hydrogens (tertiary/aromatic N) is 1. The van der Waals surface area contributed by atoms with Gasteiger partial charge in [-0.3, -0.25) is 9.69 Å². The highest BCUT2D eigenvalue weighted by atomic mass is 16.5.